The summed E-state index contributed by atoms with van der Waals surface area (Å²) in [7, 11) is 0. The Morgan fingerprint density at radius 2 is 1.64 bits per heavy atom. The topological polar surface area (TPSA) is 54.2 Å². The van der Waals surface area contributed by atoms with E-state index >= 15 is 0 Å². The van der Waals surface area contributed by atoms with Gasteiger partial charge in [-0.1, -0.05) is 89.6 Å². The van der Waals surface area contributed by atoms with Crippen LogP contribution in [-0.4, -0.2) is 20.2 Å². The molecule has 0 fully saturated rings. The second-order valence-electron chi connectivity index (χ2n) is 7.79. The first-order chi connectivity index (χ1) is 16.1. The van der Waals surface area contributed by atoms with Gasteiger partial charge in [-0.05, 0) is 42.4 Å². The number of hydrogen-bond donors (Lipinski definition) is 1. The molecule has 7 heteroatoms. The molecule has 1 aliphatic rings. The predicted octanol–water partition coefficient (Wildman–Crippen LogP) is 6.25. The standard InChI is InChI=1S/C26H21ClN4OS/c1-17-22(25-29-24(30-32-25)20-10-6-3-7-11-20)23(19-12-14-21(27)15-13-19)28-26(33)31(17)16-18-8-4-2-5-9-18/h2-15,23H,16H2,1H3,(H,28,33). The minimum absolute atomic E-state index is 0.245. The largest absolute Gasteiger partial charge is 0.351 e. The van der Waals surface area contributed by atoms with E-state index in [-0.39, 0.29) is 6.04 Å². The van der Waals surface area contributed by atoms with E-state index in [2.05, 4.69) is 27.5 Å². The fourth-order valence-electron chi connectivity index (χ4n) is 3.96. The molecule has 1 unspecified atom stereocenters. The third kappa shape index (κ3) is 4.40. The average Bonchev–Trinajstić information content (AvgIpc) is 3.33. The monoisotopic (exact) mass is 472 g/mol. The maximum atomic E-state index is 6.14. The van der Waals surface area contributed by atoms with E-state index in [1.54, 1.807) is 0 Å². The zero-order valence-corrected chi connectivity index (χ0v) is 19.5. The van der Waals surface area contributed by atoms with Gasteiger partial charge in [0.05, 0.1) is 11.6 Å². The molecule has 0 amide bonds. The smallest absolute Gasteiger partial charge is 0.258 e. The van der Waals surface area contributed by atoms with Crippen LogP contribution in [0.4, 0.5) is 0 Å². The van der Waals surface area contributed by atoms with Gasteiger partial charge in [0.25, 0.3) is 5.89 Å². The number of halogens is 1. The molecule has 0 aliphatic carbocycles. The normalized spacial score (nSPS) is 16.1. The summed E-state index contributed by atoms with van der Waals surface area (Å²) in [6.07, 6.45) is 0. The first kappa shape index (κ1) is 21.4. The highest BCUT2D eigenvalue weighted by Gasteiger charge is 2.34. The Bertz CT molecular complexity index is 1300. The van der Waals surface area contributed by atoms with Gasteiger partial charge in [0.15, 0.2) is 5.11 Å². The van der Waals surface area contributed by atoms with Gasteiger partial charge in [-0.25, -0.2) is 0 Å². The quantitative estimate of drug-likeness (QED) is 0.346. The second-order valence-corrected chi connectivity index (χ2v) is 8.62. The number of allylic oxidation sites excluding steroid dienone is 1. The third-order valence-corrected chi connectivity index (χ3v) is 6.26. The highest BCUT2D eigenvalue weighted by molar-refractivity contribution is 7.80. The van der Waals surface area contributed by atoms with Crippen molar-refractivity contribution in [3.8, 4) is 11.4 Å². The maximum absolute atomic E-state index is 6.14. The molecule has 164 valence electrons. The van der Waals surface area contributed by atoms with Crippen molar-refractivity contribution in [1.82, 2.24) is 20.4 Å². The summed E-state index contributed by atoms with van der Waals surface area (Å²) in [6.45, 7) is 2.68. The summed E-state index contributed by atoms with van der Waals surface area (Å²) >= 11 is 11.9. The lowest BCUT2D eigenvalue weighted by Crippen LogP contribution is -2.45. The van der Waals surface area contributed by atoms with Crippen LogP contribution in [0, 0.1) is 0 Å². The lowest BCUT2D eigenvalue weighted by atomic mass is 9.94. The van der Waals surface area contributed by atoms with E-state index in [1.165, 1.54) is 0 Å². The minimum Gasteiger partial charge on any atom is -0.351 e. The van der Waals surface area contributed by atoms with Crippen molar-refractivity contribution in [3.05, 3.63) is 113 Å². The number of thiocarbonyl (C=S) groups is 1. The van der Waals surface area contributed by atoms with Crippen LogP contribution in [0.1, 0.15) is 30.0 Å². The summed E-state index contributed by atoms with van der Waals surface area (Å²) in [5, 5.41) is 9.04. The van der Waals surface area contributed by atoms with Crippen LogP contribution < -0.4 is 5.32 Å². The van der Waals surface area contributed by atoms with Gasteiger partial charge in [-0.2, -0.15) is 4.98 Å². The molecule has 0 bridgehead atoms. The van der Waals surface area contributed by atoms with Crippen LogP contribution in [0.3, 0.4) is 0 Å². The highest BCUT2D eigenvalue weighted by Crippen LogP contribution is 2.38. The molecule has 2 heterocycles. The maximum Gasteiger partial charge on any atom is 0.258 e. The first-order valence-electron chi connectivity index (χ1n) is 10.6. The molecule has 5 rings (SSSR count). The Kier molecular flexibility index (Phi) is 5.94. The van der Waals surface area contributed by atoms with E-state index in [9.17, 15) is 0 Å². The Hall–Kier alpha value is -3.48. The molecule has 1 atom stereocenters. The van der Waals surface area contributed by atoms with Crippen LogP contribution in [0.5, 0.6) is 0 Å². The van der Waals surface area contributed by atoms with Crippen molar-refractivity contribution in [2.75, 3.05) is 0 Å². The summed E-state index contributed by atoms with van der Waals surface area (Å²) in [5.74, 6) is 1.00. The molecule has 1 N–H and O–H groups in total. The molecule has 5 nitrogen and oxygen atoms in total. The molecular formula is C26H21ClN4OS. The Morgan fingerprint density at radius 1 is 0.970 bits per heavy atom. The van der Waals surface area contributed by atoms with Gasteiger partial charge < -0.3 is 14.7 Å². The van der Waals surface area contributed by atoms with Crippen molar-refractivity contribution < 1.29 is 4.52 Å². The summed E-state index contributed by atoms with van der Waals surface area (Å²) < 4.78 is 5.78. The van der Waals surface area contributed by atoms with Crippen molar-refractivity contribution in [1.29, 1.82) is 0 Å². The average molecular weight is 473 g/mol. The van der Waals surface area contributed by atoms with Crippen LogP contribution in [0.25, 0.3) is 17.0 Å². The van der Waals surface area contributed by atoms with E-state index < -0.39 is 0 Å². The molecule has 3 aromatic carbocycles. The molecular weight excluding hydrogens is 452 g/mol. The number of nitrogens with zero attached hydrogens (tertiary/aromatic N) is 3. The molecule has 0 saturated heterocycles. The van der Waals surface area contributed by atoms with Gasteiger partial charge in [0, 0.05) is 22.8 Å². The van der Waals surface area contributed by atoms with Crippen LogP contribution >= 0.6 is 23.8 Å². The van der Waals surface area contributed by atoms with E-state index in [0.29, 0.717) is 28.4 Å². The summed E-state index contributed by atoms with van der Waals surface area (Å²) in [4.78, 5) is 6.81. The second kappa shape index (κ2) is 9.17. The van der Waals surface area contributed by atoms with Crippen LogP contribution in [0.15, 0.2) is 95.1 Å². The predicted molar refractivity (Wildman–Crippen MR) is 134 cm³/mol. The van der Waals surface area contributed by atoms with Crippen molar-refractivity contribution in [3.63, 3.8) is 0 Å². The zero-order chi connectivity index (χ0) is 22.8. The van der Waals surface area contributed by atoms with Gasteiger partial charge >= 0.3 is 0 Å². The van der Waals surface area contributed by atoms with Gasteiger partial charge in [-0.3, -0.25) is 0 Å². The van der Waals surface area contributed by atoms with E-state index in [1.807, 2.05) is 79.7 Å². The van der Waals surface area contributed by atoms with Crippen LogP contribution in [-0.2, 0) is 6.54 Å². The number of benzene rings is 3. The summed E-state index contributed by atoms with van der Waals surface area (Å²) in [6, 6.07) is 27.5. The lowest BCUT2D eigenvalue weighted by molar-refractivity contribution is 0.396. The summed E-state index contributed by atoms with van der Waals surface area (Å²) in [5.41, 5.74) is 4.91. The first-order valence-corrected chi connectivity index (χ1v) is 11.4. The van der Waals surface area contributed by atoms with Crippen molar-refractivity contribution in [2.45, 2.75) is 19.5 Å². The fourth-order valence-corrected chi connectivity index (χ4v) is 4.40. The molecule has 0 saturated carbocycles. The van der Waals surface area contributed by atoms with Crippen molar-refractivity contribution >= 4 is 34.5 Å². The number of rotatable bonds is 5. The molecule has 1 aliphatic heterocycles. The minimum atomic E-state index is -0.245. The van der Waals surface area contributed by atoms with Crippen LogP contribution in [0.2, 0.25) is 5.02 Å². The number of nitrogens with one attached hydrogen (secondary N) is 1. The Labute approximate surface area is 202 Å². The van der Waals surface area contributed by atoms with Crippen molar-refractivity contribution in [2.24, 2.45) is 0 Å². The fraction of sp³-hybridized carbons (Fsp3) is 0.115. The Balaban J connectivity index is 1.60. The molecule has 33 heavy (non-hydrogen) atoms. The number of hydrogen-bond acceptors (Lipinski definition) is 4. The third-order valence-electron chi connectivity index (χ3n) is 5.67. The highest BCUT2D eigenvalue weighted by atomic mass is 35.5. The SMILES string of the molecule is CC1=C(c2nc(-c3ccccc3)no2)C(c2ccc(Cl)cc2)NC(=S)N1Cc1ccccc1. The van der Waals surface area contributed by atoms with E-state index in [4.69, 9.17) is 33.3 Å². The van der Waals surface area contributed by atoms with Gasteiger partial charge in [-0.15, -0.1) is 0 Å². The number of aromatic nitrogens is 2. The lowest BCUT2D eigenvalue weighted by Gasteiger charge is -2.37. The molecule has 0 spiro atoms. The van der Waals surface area contributed by atoms with Gasteiger partial charge in [0.1, 0.15) is 0 Å². The van der Waals surface area contributed by atoms with E-state index in [0.717, 1.165) is 28.0 Å². The molecule has 0 radical (unpaired) electrons. The zero-order valence-electron chi connectivity index (χ0n) is 17.9. The molecule has 4 aromatic rings. The molecule has 1 aromatic heterocycles. The Morgan fingerprint density at radius 3 is 2.33 bits per heavy atom. The van der Waals surface area contributed by atoms with Gasteiger partial charge in [0.2, 0.25) is 5.82 Å².